The molecule has 0 aromatic heterocycles. The monoisotopic (exact) mass is 336 g/mol. The van der Waals surface area contributed by atoms with Crippen LogP contribution in [0.15, 0.2) is 24.3 Å². The maximum absolute atomic E-state index is 12.7. The van der Waals surface area contributed by atoms with E-state index in [0.717, 1.165) is 24.8 Å². The number of nitrogens with one attached hydrogen (secondary N) is 2. The number of carbonyl (C=O) groups is 2. The van der Waals surface area contributed by atoms with Crippen molar-refractivity contribution in [2.45, 2.75) is 44.9 Å². The lowest BCUT2D eigenvalue weighted by atomic mass is 9.84. The second kappa shape index (κ2) is 8.92. The van der Waals surface area contributed by atoms with E-state index < -0.39 is 0 Å². The predicted octanol–water partition coefficient (Wildman–Crippen LogP) is 3.26. The molecule has 126 valence electrons. The number of amides is 2. The van der Waals surface area contributed by atoms with E-state index in [0.29, 0.717) is 24.0 Å². The summed E-state index contributed by atoms with van der Waals surface area (Å²) in [6.45, 7) is 2.66. The zero-order valence-corrected chi connectivity index (χ0v) is 14.4. The van der Waals surface area contributed by atoms with Crippen LogP contribution in [0.3, 0.4) is 0 Å². The minimum absolute atomic E-state index is 0.0404. The second-order valence-corrected chi connectivity index (χ2v) is 6.64. The molecule has 0 spiro atoms. The molecule has 0 heterocycles. The lowest BCUT2D eigenvalue weighted by molar-refractivity contribution is -0.123. The number of rotatable bonds is 7. The first-order chi connectivity index (χ1) is 11.1. The SMILES string of the molecule is CC(=O)NCCCNC(=O)C(c1ccc(Cl)cc1)C1CCCC1. The summed E-state index contributed by atoms with van der Waals surface area (Å²) in [5, 5.41) is 6.45. The summed E-state index contributed by atoms with van der Waals surface area (Å²) in [7, 11) is 0. The van der Waals surface area contributed by atoms with E-state index in [9.17, 15) is 9.59 Å². The fourth-order valence-corrected chi connectivity index (χ4v) is 3.40. The quantitative estimate of drug-likeness (QED) is 0.751. The molecule has 1 aliphatic rings. The summed E-state index contributed by atoms with van der Waals surface area (Å²) in [5.74, 6) is 0.352. The van der Waals surface area contributed by atoms with Gasteiger partial charge in [0.2, 0.25) is 11.8 Å². The molecule has 23 heavy (non-hydrogen) atoms. The van der Waals surface area contributed by atoms with Crippen molar-refractivity contribution in [1.29, 1.82) is 0 Å². The van der Waals surface area contributed by atoms with Crippen molar-refractivity contribution in [1.82, 2.24) is 10.6 Å². The predicted molar refractivity (Wildman–Crippen MR) is 92.5 cm³/mol. The molecule has 5 heteroatoms. The van der Waals surface area contributed by atoms with Crippen LogP contribution in [0.25, 0.3) is 0 Å². The van der Waals surface area contributed by atoms with Gasteiger partial charge in [-0.2, -0.15) is 0 Å². The average molecular weight is 337 g/mol. The van der Waals surface area contributed by atoms with Gasteiger partial charge < -0.3 is 10.6 Å². The first-order valence-electron chi connectivity index (χ1n) is 8.35. The lowest BCUT2D eigenvalue weighted by Crippen LogP contribution is -2.34. The highest BCUT2D eigenvalue weighted by molar-refractivity contribution is 6.30. The van der Waals surface area contributed by atoms with Crippen LogP contribution in [0.4, 0.5) is 0 Å². The van der Waals surface area contributed by atoms with Crippen LogP contribution in [0.5, 0.6) is 0 Å². The zero-order valence-electron chi connectivity index (χ0n) is 13.6. The zero-order chi connectivity index (χ0) is 16.7. The fourth-order valence-electron chi connectivity index (χ4n) is 3.27. The molecule has 1 fully saturated rings. The van der Waals surface area contributed by atoms with E-state index in [1.54, 1.807) is 0 Å². The fraction of sp³-hybridized carbons (Fsp3) is 0.556. The van der Waals surface area contributed by atoms with Gasteiger partial charge in [-0.05, 0) is 42.9 Å². The minimum atomic E-state index is -0.101. The Morgan fingerprint density at radius 1 is 1.13 bits per heavy atom. The number of hydrogen-bond acceptors (Lipinski definition) is 2. The Morgan fingerprint density at radius 3 is 2.35 bits per heavy atom. The summed E-state index contributed by atoms with van der Waals surface area (Å²) in [4.78, 5) is 23.5. The van der Waals surface area contributed by atoms with Crippen LogP contribution in [0, 0.1) is 5.92 Å². The normalized spacial score (nSPS) is 16.1. The molecule has 4 nitrogen and oxygen atoms in total. The van der Waals surface area contributed by atoms with Gasteiger partial charge in [0.1, 0.15) is 0 Å². The number of hydrogen-bond donors (Lipinski definition) is 2. The van der Waals surface area contributed by atoms with Crippen molar-refractivity contribution in [2.24, 2.45) is 5.92 Å². The van der Waals surface area contributed by atoms with E-state index in [-0.39, 0.29) is 17.7 Å². The van der Waals surface area contributed by atoms with E-state index in [1.807, 2.05) is 24.3 Å². The van der Waals surface area contributed by atoms with Crippen LogP contribution >= 0.6 is 11.6 Å². The summed E-state index contributed by atoms with van der Waals surface area (Å²) in [6.07, 6.45) is 5.34. The maximum atomic E-state index is 12.7. The molecule has 1 aromatic carbocycles. The van der Waals surface area contributed by atoms with Crippen molar-refractivity contribution >= 4 is 23.4 Å². The topological polar surface area (TPSA) is 58.2 Å². The van der Waals surface area contributed by atoms with E-state index in [4.69, 9.17) is 11.6 Å². The Bertz CT molecular complexity index is 524. The molecule has 0 radical (unpaired) electrons. The van der Waals surface area contributed by atoms with Crippen molar-refractivity contribution in [3.05, 3.63) is 34.9 Å². The first kappa shape index (κ1) is 17.8. The highest BCUT2D eigenvalue weighted by Gasteiger charge is 2.31. The summed E-state index contributed by atoms with van der Waals surface area (Å²) < 4.78 is 0. The third-order valence-electron chi connectivity index (χ3n) is 4.41. The second-order valence-electron chi connectivity index (χ2n) is 6.20. The summed E-state index contributed by atoms with van der Waals surface area (Å²) in [6, 6.07) is 7.62. The highest BCUT2D eigenvalue weighted by atomic mass is 35.5. The Hall–Kier alpha value is -1.55. The van der Waals surface area contributed by atoms with Gasteiger partial charge >= 0.3 is 0 Å². The molecule has 2 rings (SSSR count). The molecule has 2 amide bonds. The molecule has 1 aliphatic carbocycles. The van der Waals surface area contributed by atoms with E-state index >= 15 is 0 Å². The Balaban J connectivity index is 1.94. The van der Waals surface area contributed by atoms with Crippen LogP contribution in [0.2, 0.25) is 5.02 Å². The molecule has 0 bridgehead atoms. The van der Waals surface area contributed by atoms with Gasteiger partial charge in [0.05, 0.1) is 5.92 Å². The number of benzene rings is 1. The van der Waals surface area contributed by atoms with Crippen molar-refractivity contribution in [2.75, 3.05) is 13.1 Å². The van der Waals surface area contributed by atoms with Crippen molar-refractivity contribution in [3.63, 3.8) is 0 Å². The number of halogens is 1. The number of carbonyl (C=O) groups excluding carboxylic acids is 2. The lowest BCUT2D eigenvalue weighted by Gasteiger charge is -2.23. The molecular weight excluding hydrogens is 312 g/mol. The molecule has 1 aromatic rings. The molecule has 0 saturated heterocycles. The van der Waals surface area contributed by atoms with Crippen LogP contribution in [0.1, 0.15) is 50.5 Å². The highest BCUT2D eigenvalue weighted by Crippen LogP contribution is 2.37. The molecule has 1 unspecified atom stereocenters. The standard InChI is InChI=1S/C18H25ClN2O2/c1-13(22)20-11-4-12-21-18(23)17(14-5-2-3-6-14)15-7-9-16(19)10-8-15/h7-10,14,17H,2-6,11-12H2,1H3,(H,20,22)(H,21,23). The average Bonchev–Trinajstić information content (AvgIpc) is 3.03. The first-order valence-corrected chi connectivity index (χ1v) is 8.73. The minimum Gasteiger partial charge on any atom is -0.356 e. The van der Waals surface area contributed by atoms with Gasteiger partial charge in [0.25, 0.3) is 0 Å². The van der Waals surface area contributed by atoms with Gasteiger partial charge in [0.15, 0.2) is 0 Å². The summed E-state index contributed by atoms with van der Waals surface area (Å²) in [5.41, 5.74) is 1.04. The Morgan fingerprint density at radius 2 is 1.74 bits per heavy atom. The Labute approximate surface area is 143 Å². The van der Waals surface area contributed by atoms with Crippen molar-refractivity contribution in [3.8, 4) is 0 Å². The Kier molecular flexibility index (Phi) is 6.90. The molecule has 0 aliphatic heterocycles. The molecular formula is C18H25ClN2O2. The van der Waals surface area contributed by atoms with Crippen molar-refractivity contribution < 1.29 is 9.59 Å². The van der Waals surface area contributed by atoms with Gasteiger partial charge in [-0.3, -0.25) is 9.59 Å². The van der Waals surface area contributed by atoms with Gasteiger partial charge in [-0.25, -0.2) is 0 Å². The molecule has 1 atom stereocenters. The maximum Gasteiger partial charge on any atom is 0.227 e. The smallest absolute Gasteiger partial charge is 0.227 e. The van der Waals surface area contributed by atoms with Crippen LogP contribution in [-0.2, 0) is 9.59 Å². The van der Waals surface area contributed by atoms with Gasteiger partial charge in [-0.1, -0.05) is 36.6 Å². The van der Waals surface area contributed by atoms with Gasteiger partial charge in [0, 0.05) is 25.0 Å². The van der Waals surface area contributed by atoms with Crippen LogP contribution in [-0.4, -0.2) is 24.9 Å². The summed E-state index contributed by atoms with van der Waals surface area (Å²) >= 11 is 5.96. The van der Waals surface area contributed by atoms with Gasteiger partial charge in [-0.15, -0.1) is 0 Å². The van der Waals surface area contributed by atoms with Crippen LogP contribution < -0.4 is 10.6 Å². The third kappa shape index (κ3) is 5.54. The largest absolute Gasteiger partial charge is 0.356 e. The van der Waals surface area contributed by atoms with E-state index in [1.165, 1.54) is 19.8 Å². The molecule has 2 N–H and O–H groups in total. The van der Waals surface area contributed by atoms with E-state index in [2.05, 4.69) is 10.6 Å². The molecule has 1 saturated carbocycles. The third-order valence-corrected chi connectivity index (χ3v) is 4.66.